The number of carbonyl (C=O) groups is 2. The summed E-state index contributed by atoms with van der Waals surface area (Å²) < 4.78 is 5.45. The van der Waals surface area contributed by atoms with Gasteiger partial charge in [0.1, 0.15) is 16.5 Å². The lowest BCUT2D eigenvalue weighted by atomic mass is 10.1. The van der Waals surface area contributed by atoms with Gasteiger partial charge in [0.2, 0.25) is 5.91 Å². The monoisotopic (exact) mass is 393 g/mol. The van der Waals surface area contributed by atoms with Crippen molar-refractivity contribution >= 4 is 29.3 Å². The van der Waals surface area contributed by atoms with E-state index in [0.717, 1.165) is 27.8 Å². The fourth-order valence-electron chi connectivity index (χ4n) is 3.01. The Labute approximate surface area is 166 Å². The van der Waals surface area contributed by atoms with Crippen LogP contribution in [-0.2, 0) is 17.9 Å². The van der Waals surface area contributed by atoms with E-state index in [0.29, 0.717) is 24.4 Å². The average molecular weight is 393 g/mol. The molecular formula is C21H19N3O3S. The van der Waals surface area contributed by atoms with Crippen LogP contribution in [0.3, 0.4) is 0 Å². The van der Waals surface area contributed by atoms with Crippen molar-refractivity contribution in [2.75, 3.05) is 10.7 Å². The molecule has 0 unspecified atom stereocenters. The number of benzene rings is 1. The predicted molar refractivity (Wildman–Crippen MR) is 107 cm³/mol. The summed E-state index contributed by atoms with van der Waals surface area (Å²) in [4.78, 5) is 30.8. The van der Waals surface area contributed by atoms with Crippen molar-refractivity contribution in [1.82, 2.24) is 10.3 Å². The second-order valence-electron chi connectivity index (χ2n) is 6.49. The number of hydrogen-bond donors (Lipinski definition) is 1. The van der Waals surface area contributed by atoms with Crippen molar-refractivity contribution in [1.29, 1.82) is 0 Å². The second kappa shape index (κ2) is 7.90. The molecule has 7 heteroatoms. The number of thioether (sulfide) groups is 1. The van der Waals surface area contributed by atoms with Gasteiger partial charge < -0.3 is 14.6 Å². The summed E-state index contributed by atoms with van der Waals surface area (Å²) in [5, 5.41) is 3.71. The molecule has 1 aliphatic rings. The third-order valence-electron chi connectivity index (χ3n) is 4.45. The first-order chi connectivity index (χ1) is 13.6. The minimum Gasteiger partial charge on any atom is -0.465 e. The summed E-state index contributed by atoms with van der Waals surface area (Å²) in [5.41, 5.74) is 2.35. The fourth-order valence-corrected chi connectivity index (χ4v) is 3.89. The maximum Gasteiger partial charge on any atom is 0.251 e. The van der Waals surface area contributed by atoms with Gasteiger partial charge in [0.25, 0.3) is 5.91 Å². The van der Waals surface area contributed by atoms with Gasteiger partial charge >= 0.3 is 0 Å². The van der Waals surface area contributed by atoms with E-state index in [4.69, 9.17) is 4.42 Å². The Bertz CT molecular complexity index is 1010. The topological polar surface area (TPSA) is 75.4 Å². The van der Waals surface area contributed by atoms with Gasteiger partial charge in [-0.05, 0) is 48.9 Å². The first-order valence-electron chi connectivity index (χ1n) is 8.91. The number of aryl methyl sites for hydroxylation is 1. The molecule has 1 aliphatic heterocycles. The van der Waals surface area contributed by atoms with Gasteiger partial charge in [0.05, 0.1) is 24.5 Å². The Morgan fingerprint density at radius 2 is 2.04 bits per heavy atom. The van der Waals surface area contributed by atoms with Crippen LogP contribution in [0.2, 0.25) is 0 Å². The maximum absolute atomic E-state index is 12.4. The van der Waals surface area contributed by atoms with Gasteiger partial charge in [-0.2, -0.15) is 0 Å². The molecule has 6 nitrogen and oxygen atoms in total. The van der Waals surface area contributed by atoms with Crippen molar-refractivity contribution in [2.24, 2.45) is 0 Å². The largest absolute Gasteiger partial charge is 0.465 e. The lowest BCUT2D eigenvalue weighted by Crippen LogP contribution is -2.35. The van der Waals surface area contributed by atoms with Crippen LogP contribution in [0.5, 0.6) is 0 Å². The van der Waals surface area contributed by atoms with E-state index in [2.05, 4.69) is 10.3 Å². The predicted octanol–water partition coefficient (Wildman–Crippen LogP) is 3.55. The molecule has 2 aromatic heterocycles. The number of rotatable bonds is 5. The van der Waals surface area contributed by atoms with E-state index >= 15 is 0 Å². The van der Waals surface area contributed by atoms with Crippen molar-refractivity contribution < 1.29 is 14.0 Å². The van der Waals surface area contributed by atoms with Crippen molar-refractivity contribution in [3.8, 4) is 0 Å². The molecule has 0 spiro atoms. The molecular weight excluding hydrogens is 374 g/mol. The standard InChI is InChI=1S/C21H19N3O3S/c1-14-4-9-17(27-14)11-23-20(26)16-7-5-15(6-8-16)12-24-18-3-2-10-22-21(18)28-13-19(24)25/h2-10H,11-13H2,1H3,(H,23,26). The normalized spacial score (nSPS) is 13.3. The van der Waals surface area contributed by atoms with Crippen LogP contribution in [0.4, 0.5) is 5.69 Å². The molecule has 2 amide bonds. The van der Waals surface area contributed by atoms with Crippen LogP contribution >= 0.6 is 11.8 Å². The van der Waals surface area contributed by atoms with Crippen molar-refractivity contribution in [2.45, 2.75) is 25.0 Å². The fraction of sp³-hybridized carbons (Fsp3) is 0.190. The first kappa shape index (κ1) is 18.3. The van der Waals surface area contributed by atoms with E-state index < -0.39 is 0 Å². The Morgan fingerprint density at radius 3 is 2.79 bits per heavy atom. The lowest BCUT2D eigenvalue weighted by Gasteiger charge is -2.28. The molecule has 1 N–H and O–H groups in total. The molecule has 0 fully saturated rings. The number of furan rings is 1. The van der Waals surface area contributed by atoms with Gasteiger partial charge in [-0.25, -0.2) is 4.98 Å². The van der Waals surface area contributed by atoms with Crippen LogP contribution in [0, 0.1) is 6.92 Å². The number of amides is 2. The minimum atomic E-state index is -0.166. The van der Waals surface area contributed by atoms with Gasteiger partial charge in [0, 0.05) is 11.8 Å². The van der Waals surface area contributed by atoms with E-state index in [9.17, 15) is 9.59 Å². The van der Waals surface area contributed by atoms with Crippen LogP contribution in [0.15, 0.2) is 64.2 Å². The molecule has 3 aromatic rings. The van der Waals surface area contributed by atoms with E-state index in [1.165, 1.54) is 11.8 Å². The third kappa shape index (κ3) is 3.94. The average Bonchev–Trinajstić information content (AvgIpc) is 3.14. The van der Waals surface area contributed by atoms with Crippen LogP contribution < -0.4 is 10.2 Å². The summed E-state index contributed by atoms with van der Waals surface area (Å²) in [5.74, 6) is 1.81. The van der Waals surface area contributed by atoms with Gasteiger partial charge in [-0.15, -0.1) is 0 Å². The zero-order valence-electron chi connectivity index (χ0n) is 15.3. The van der Waals surface area contributed by atoms with Crippen LogP contribution in [0.25, 0.3) is 0 Å². The highest BCUT2D eigenvalue weighted by Gasteiger charge is 2.25. The summed E-state index contributed by atoms with van der Waals surface area (Å²) >= 11 is 1.46. The number of aromatic nitrogens is 1. The maximum atomic E-state index is 12.4. The number of pyridine rings is 1. The van der Waals surface area contributed by atoms with E-state index in [-0.39, 0.29) is 11.8 Å². The third-order valence-corrected chi connectivity index (χ3v) is 5.43. The Balaban J connectivity index is 1.42. The molecule has 3 heterocycles. The van der Waals surface area contributed by atoms with Crippen molar-refractivity contribution in [3.63, 3.8) is 0 Å². The Morgan fingerprint density at radius 1 is 1.21 bits per heavy atom. The summed E-state index contributed by atoms with van der Waals surface area (Å²) in [6.45, 7) is 2.66. The molecule has 28 heavy (non-hydrogen) atoms. The molecule has 0 saturated heterocycles. The highest BCUT2D eigenvalue weighted by molar-refractivity contribution is 8.00. The second-order valence-corrected chi connectivity index (χ2v) is 7.45. The van der Waals surface area contributed by atoms with E-state index in [1.54, 1.807) is 23.2 Å². The smallest absolute Gasteiger partial charge is 0.251 e. The number of hydrogen-bond acceptors (Lipinski definition) is 5. The Kier molecular flexibility index (Phi) is 5.16. The molecule has 0 atom stereocenters. The SMILES string of the molecule is Cc1ccc(CNC(=O)c2ccc(CN3C(=O)CSc4ncccc43)cc2)o1. The summed E-state index contributed by atoms with van der Waals surface area (Å²) in [7, 11) is 0. The number of fused-ring (bicyclic) bond motifs is 1. The van der Waals surface area contributed by atoms with E-state index in [1.807, 2.05) is 43.3 Å². The number of nitrogens with zero attached hydrogens (tertiary/aromatic N) is 2. The molecule has 142 valence electrons. The van der Waals surface area contributed by atoms with Crippen LogP contribution in [0.1, 0.15) is 27.4 Å². The highest BCUT2D eigenvalue weighted by atomic mass is 32.2. The van der Waals surface area contributed by atoms with Crippen molar-refractivity contribution in [3.05, 3.63) is 77.4 Å². The van der Waals surface area contributed by atoms with Gasteiger partial charge in [0.15, 0.2) is 0 Å². The number of anilines is 1. The number of nitrogens with one attached hydrogen (secondary N) is 1. The quantitative estimate of drug-likeness (QED) is 0.717. The molecule has 0 saturated carbocycles. The molecule has 1 aromatic carbocycles. The zero-order chi connectivity index (χ0) is 19.5. The van der Waals surface area contributed by atoms with Gasteiger partial charge in [-0.3, -0.25) is 9.59 Å². The summed E-state index contributed by atoms with van der Waals surface area (Å²) in [6.07, 6.45) is 1.73. The highest BCUT2D eigenvalue weighted by Crippen LogP contribution is 2.33. The van der Waals surface area contributed by atoms with Crippen LogP contribution in [-0.4, -0.2) is 22.6 Å². The zero-order valence-corrected chi connectivity index (χ0v) is 16.2. The van der Waals surface area contributed by atoms with Gasteiger partial charge in [-0.1, -0.05) is 23.9 Å². The number of carbonyl (C=O) groups excluding carboxylic acids is 2. The Hall–Kier alpha value is -3.06. The molecule has 0 aliphatic carbocycles. The lowest BCUT2D eigenvalue weighted by molar-refractivity contribution is -0.116. The summed E-state index contributed by atoms with van der Waals surface area (Å²) in [6, 6.07) is 14.7. The molecule has 4 rings (SSSR count). The molecule has 0 radical (unpaired) electrons. The minimum absolute atomic E-state index is 0.0565. The molecule has 0 bridgehead atoms. The first-order valence-corrected chi connectivity index (χ1v) is 9.89.